The molecule has 0 unspecified atom stereocenters. The maximum absolute atomic E-state index is 11.5. The predicted octanol–water partition coefficient (Wildman–Crippen LogP) is 3.34. The Labute approximate surface area is 151 Å². The van der Waals surface area contributed by atoms with Crippen LogP contribution < -0.4 is 19.8 Å². The lowest BCUT2D eigenvalue weighted by molar-refractivity contribution is -0.697. The summed E-state index contributed by atoms with van der Waals surface area (Å²) in [5.74, 6) is 0.316. The number of fused-ring (bicyclic) bond motifs is 1. The summed E-state index contributed by atoms with van der Waals surface area (Å²) < 4.78 is 18.9. The molecular weight excluding hydrogens is 332 g/mol. The van der Waals surface area contributed by atoms with Gasteiger partial charge in [0.05, 0.1) is 12.9 Å². The molecule has 0 atom stereocenters. The Balaban J connectivity index is 1.78. The molecule has 1 aromatic carbocycles. The highest BCUT2D eigenvalue weighted by Crippen LogP contribution is 2.40. The molecule has 3 rings (SSSR count). The van der Waals surface area contributed by atoms with Gasteiger partial charge >= 0.3 is 5.97 Å². The van der Waals surface area contributed by atoms with Crippen molar-refractivity contribution in [2.24, 2.45) is 0 Å². The number of benzene rings is 1. The lowest BCUT2D eigenvalue weighted by atomic mass is 10.1. The van der Waals surface area contributed by atoms with Crippen LogP contribution in [0.5, 0.6) is 11.5 Å². The van der Waals surface area contributed by atoms with Gasteiger partial charge in [0.1, 0.15) is 0 Å². The van der Waals surface area contributed by atoms with Crippen LogP contribution >= 0.6 is 0 Å². The van der Waals surface area contributed by atoms with Gasteiger partial charge < -0.3 is 19.6 Å². The van der Waals surface area contributed by atoms with Crippen molar-refractivity contribution in [3.8, 4) is 11.5 Å². The Kier molecular flexibility index (Phi) is 5.22. The maximum atomic E-state index is 11.5. The van der Waals surface area contributed by atoms with Crippen LogP contribution in [0, 0.1) is 0 Å². The Morgan fingerprint density at radius 1 is 1.31 bits per heavy atom. The number of pyridine rings is 1. The Hall–Kier alpha value is -3.28. The first-order valence-electron chi connectivity index (χ1n) is 8.31. The van der Waals surface area contributed by atoms with Gasteiger partial charge in [-0.25, -0.2) is 4.57 Å². The number of aromatic nitrogens is 1. The molecule has 0 radical (unpaired) electrons. The molecule has 26 heavy (non-hydrogen) atoms. The molecule has 2 aromatic heterocycles. The highest BCUT2D eigenvalue weighted by atomic mass is 16.6. The first-order valence-corrected chi connectivity index (χ1v) is 8.31. The zero-order valence-electron chi connectivity index (χ0n) is 14.6. The topological polar surface area (TPSA) is 78.6 Å². The lowest BCUT2D eigenvalue weighted by Crippen LogP contribution is -2.33. The maximum Gasteiger partial charge on any atom is 0.308 e. The largest absolute Gasteiger partial charge is 0.486 e. The number of nitrogens with two attached hydrogens (primary N) is 1. The van der Waals surface area contributed by atoms with Crippen LogP contribution in [-0.2, 0) is 11.3 Å². The van der Waals surface area contributed by atoms with Crippen LogP contribution in [-0.4, -0.2) is 12.6 Å². The van der Waals surface area contributed by atoms with Crippen molar-refractivity contribution in [1.29, 1.82) is 0 Å². The summed E-state index contributed by atoms with van der Waals surface area (Å²) in [5, 5.41) is 0.860. The number of rotatable bonds is 7. The zero-order valence-corrected chi connectivity index (χ0v) is 14.6. The number of nitrogens with zero attached hydrogens (tertiary/aromatic N) is 1. The van der Waals surface area contributed by atoms with Gasteiger partial charge in [0.25, 0.3) is 0 Å². The second-order valence-corrected chi connectivity index (χ2v) is 5.83. The summed E-state index contributed by atoms with van der Waals surface area (Å²) in [6.45, 7) is 6.33. The fraction of sp³-hybridized carbons (Fsp3) is 0.200. The van der Waals surface area contributed by atoms with Gasteiger partial charge in [0.2, 0.25) is 5.75 Å². The van der Waals surface area contributed by atoms with Crippen LogP contribution in [0.4, 0.5) is 5.69 Å². The van der Waals surface area contributed by atoms with E-state index in [0.29, 0.717) is 29.3 Å². The molecule has 0 amide bonds. The lowest BCUT2D eigenvalue weighted by Gasteiger charge is -2.13. The number of anilines is 1. The molecular formula is C20H21N2O4+. The van der Waals surface area contributed by atoms with E-state index in [0.717, 1.165) is 24.0 Å². The number of aryl methyl sites for hydroxylation is 1. The number of furan rings is 1. The average Bonchev–Trinajstić information content (AvgIpc) is 3.08. The van der Waals surface area contributed by atoms with Crippen molar-refractivity contribution < 1.29 is 23.3 Å². The third-order valence-corrected chi connectivity index (χ3v) is 3.87. The van der Waals surface area contributed by atoms with Crippen molar-refractivity contribution >= 4 is 28.7 Å². The van der Waals surface area contributed by atoms with Gasteiger partial charge in [-0.1, -0.05) is 12.7 Å². The van der Waals surface area contributed by atoms with E-state index in [1.165, 1.54) is 6.92 Å². The molecule has 0 saturated heterocycles. The summed E-state index contributed by atoms with van der Waals surface area (Å²) in [5.41, 5.74) is 7.64. The molecule has 0 spiro atoms. The average molecular weight is 353 g/mol. The fourth-order valence-corrected chi connectivity index (χ4v) is 2.66. The van der Waals surface area contributed by atoms with Crippen molar-refractivity contribution in [3.05, 3.63) is 55.1 Å². The van der Waals surface area contributed by atoms with Crippen molar-refractivity contribution in [2.75, 3.05) is 12.3 Å². The summed E-state index contributed by atoms with van der Waals surface area (Å²) >= 11 is 0. The van der Waals surface area contributed by atoms with Crippen LogP contribution in [0.3, 0.4) is 0 Å². The van der Waals surface area contributed by atoms with Crippen molar-refractivity contribution in [3.63, 3.8) is 0 Å². The van der Waals surface area contributed by atoms with Gasteiger partial charge in [-0.15, -0.1) is 0 Å². The van der Waals surface area contributed by atoms with Crippen LogP contribution in [0.2, 0.25) is 0 Å². The Morgan fingerprint density at radius 3 is 2.77 bits per heavy atom. The highest BCUT2D eigenvalue weighted by molar-refractivity contribution is 5.91. The molecule has 0 saturated carbocycles. The SMILES string of the molecule is C=Cc1cc2ccoc2c(OCCC[n+]2ccc(N)cc2)c1OC(C)=O. The molecule has 2 N–H and O–H groups in total. The molecule has 3 aromatic rings. The minimum atomic E-state index is -0.429. The van der Waals surface area contributed by atoms with Crippen LogP contribution in [0.1, 0.15) is 18.9 Å². The standard InChI is InChI=1S/C20H20N2O4/c1-3-15-13-16-7-12-25-18(16)20(19(15)26-14(2)23)24-11-4-8-22-9-5-17(21)6-10-22/h3,5-7,9-10,12-13,21H,1,4,8,11H2,2H3/p+1. The minimum absolute atomic E-state index is 0.329. The highest BCUT2D eigenvalue weighted by Gasteiger charge is 2.19. The van der Waals surface area contributed by atoms with Crippen molar-refractivity contribution in [2.45, 2.75) is 19.9 Å². The summed E-state index contributed by atoms with van der Waals surface area (Å²) in [7, 11) is 0. The number of esters is 1. The van der Waals surface area contributed by atoms with E-state index in [2.05, 4.69) is 6.58 Å². The number of carbonyl (C=O) groups is 1. The number of nitrogen functional groups attached to an aromatic ring is 1. The summed E-state index contributed by atoms with van der Waals surface area (Å²) in [4.78, 5) is 11.5. The van der Waals surface area contributed by atoms with E-state index in [1.807, 2.05) is 41.2 Å². The van der Waals surface area contributed by atoms with E-state index in [9.17, 15) is 4.79 Å². The first-order chi connectivity index (χ1) is 12.6. The molecule has 0 aliphatic carbocycles. The molecule has 0 bridgehead atoms. The number of carbonyl (C=O) groups excluding carboxylic acids is 1. The molecule has 0 aliphatic rings. The number of hydrogen-bond acceptors (Lipinski definition) is 5. The second kappa shape index (κ2) is 7.74. The third-order valence-electron chi connectivity index (χ3n) is 3.87. The monoisotopic (exact) mass is 353 g/mol. The van der Waals surface area contributed by atoms with E-state index in [-0.39, 0.29) is 0 Å². The molecule has 6 nitrogen and oxygen atoms in total. The van der Waals surface area contributed by atoms with E-state index >= 15 is 0 Å². The Bertz CT molecular complexity index is 929. The quantitative estimate of drug-likeness (QED) is 0.305. The van der Waals surface area contributed by atoms with Gasteiger partial charge in [-0.05, 0) is 12.1 Å². The van der Waals surface area contributed by atoms with Crippen LogP contribution in [0.25, 0.3) is 17.0 Å². The summed E-state index contributed by atoms with van der Waals surface area (Å²) in [6.07, 6.45) is 7.80. The smallest absolute Gasteiger partial charge is 0.308 e. The molecule has 2 heterocycles. The first kappa shape index (κ1) is 17.5. The van der Waals surface area contributed by atoms with E-state index in [1.54, 1.807) is 12.3 Å². The zero-order chi connectivity index (χ0) is 18.5. The van der Waals surface area contributed by atoms with Gasteiger partial charge in [-0.2, -0.15) is 0 Å². The third kappa shape index (κ3) is 3.85. The molecule has 0 aliphatic heterocycles. The van der Waals surface area contributed by atoms with Gasteiger partial charge in [0, 0.05) is 42.1 Å². The predicted molar refractivity (Wildman–Crippen MR) is 98.8 cm³/mol. The molecule has 134 valence electrons. The number of ether oxygens (including phenoxy) is 2. The fourth-order valence-electron chi connectivity index (χ4n) is 2.66. The second-order valence-electron chi connectivity index (χ2n) is 5.83. The summed E-state index contributed by atoms with van der Waals surface area (Å²) in [6, 6.07) is 7.37. The number of hydrogen-bond donors (Lipinski definition) is 1. The molecule has 6 heteroatoms. The minimum Gasteiger partial charge on any atom is -0.486 e. The van der Waals surface area contributed by atoms with Gasteiger partial charge in [-0.3, -0.25) is 4.79 Å². The van der Waals surface area contributed by atoms with E-state index in [4.69, 9.17) is 19.6 Å². The molecule has 0 fully saturated rings. The van der Waals surface area contributed by atoms with Crippen LogP contribution in [0.15, 0.2) is 53.9 Å². The van der Waals surface area contributed by atoms with Crippen molar-refractivity contribution in [1.82, 2.24) is 0 Å². The normalized spacial score (nSPS) is 10.7. The van der Waals surface area contributed by atoms with E-state index < -0.39 is 5.97 Å². The Morgan fingerprint density at radius 2 is 2.08 bits per heavy atom. The van der Waals surface area contributed by atoms with Gasteiger partial charge in [0.15, 0.2) is 30.3 Å².